The molecule has 0 aliphatic rings. The standard InChI is InChI=1S/C6H9ClN2/c1-3-9-5(2)8-4-6(9)7/h4H,3H2,1-2H3. The number of rotatable bonds is 1. The quantitative estimate of drug-likeness (QED) is 0.589. The van der Waals surface area contributed by atoms with Gasteiger partial charge in [-0.15, -0.1) is 0 Å². The topological polar surface area (TPSA) is 17.8 Å². The summed E-state index contributed by atoms with van der Waals surface area (Å²) >= 11 is 5.75. The van der Waals surface area contributed by atoms with E-state index in [0.29, 0.717) is 0 Å². The van der Waals surface area contributed by atoms with Gasteiger partial charge in [0.2, 0.25) is 0 Å². The van der Waals surface area contributed by atoms with Gasteiger partial charge in [-0.05, 0) is 13.8 Å². The molecule has 0 radical (unpaired) electrons. The average molecular weight is 145 g/mol. The Labute approximate surface area is 59.5 Å². The third kappa shape index (κ3) is 1.08. The van der Waals surface area contributed by atoms with Crippen LogP contribution in [0.15, 0.2) is 6.20 Å². The lowest BCUT2D eigenvalue weighted by Crippen LogP contribution is -1.95. The predicted octanol–water partition coefficient (Wildman–Crippen LogP) is 1.86. The summed E-state index contributed by atoms with van der Waals surface area (Å²) in [6.45, 7) is 4.88. The van der Waals surface area contributed by atoms with Crippen LogP contribution >= 0.6 is 11.6 Å². The Hall–Kier alpha value is -0.500. The second kappa shape index (κ2) is 2.40. The number of imidazole rings is 1. The van der Waals surface area contributed by atoms with Crippen molar-refractivity contribution in [2.45, 2.75) is 20.4 Å². The second-order valence-corrected chi connectivity index (χ2v) is 2.26. The van der Waals surface area contributed by atoms with Gasteiger partial charge >= 0.3 is 0 Å². The first kappa shape index (κ1) is 6.62. The Kier molecular flexibility index (Phi) is 1.76. The van der Waals surface area contributed by atoms with Gasteiger partial charge in [0.05, 0.1) is 6.20 Å². The van der Waals surface area contributed by atoms with Gasteiger partial charge in [-0.3, -0.25) is 0 Å². The maximum atomic E-state index is 5.75. The van der Waals surface area contributed by atoms with E-state index in [9.17, 15) is 0 Å². The van der Waals surface area contributed by atoms with Crippen LogP contribution in [0.2, 0.25) is 5.15 Å². The Morgan fingerprint density at radius 1 is 1.78 bits per heavy atom. The van der Waals surface area contributed by atoms with E-state index in [-0.39, 0.29) is 0 Å². The minimum atomic E-state index is 0.718. The molecule has 1 aromatic heterocycles. The number of hydrogen-bond acceptors (Lipinski definition) is 1. The van der Waals surface area contributed by atoms with Gasteiger partial charge in [0.15, 0.2) is 0 Å². The lowest BCUT2D eigenvalue weighted by Gasteiger charge is -1.98. The van der Waals surface area contributed by atoms with E-state index in [0.717, 1.165) is 17.5 Å². The molecule has 2 nitrogen and oxygen atoms in total. The van der Waals surface area contributed by atoms with Crippen LogP contribution in [-0.4, -0.2) is 9.55 Å². The lowest BCUT2D eigenvalue weighted by atomic mass is 10.6. The highest BCUT2D eigenvalue weighted by Gasteiger charge is 1.98. The largest absolute Gasteiger partial charge is 0.320 e. The van der Waals surface area contributed by atoms with Crippen LogP contribution < -0.4 is 0 Å². The van der Waals surface area contributed by atoms with Crippen molar-refractivity contribution in [1.29, 1.82) is 0 Å². The third-order valence-corrected chi connectivity index (χ3v) is 1.62. The molecule has 9 heavy (non-hydrogen) atoms. The molecule has 0 N–H and O–H groups in total. The third-order valence-electron chi connectivity index (χ3n) is 1.32. The zero-order chi connectivity index (χ0) is 6.85. The molecule has 0 saturated carbocycles. The first-order valence-corrected chi connectivity index (χ1v) is 3.31. The first-order chi connectivity index (χ1) is 4.25. The number of halogens is 1. The normalized spacial score (nSPS) is 10.1. The minimum Gasteiger partial charge on any atom is -0.320 e. The van der Waals surface area contributed by atoms with Gasteiger partial charge in [0.25, 0.3) is 0 Å². The molecule has 1 aromatic rings. The van der Waals surface area contributed by atoms with Gasteiger partial charge in [-0.2, -0.15) is 0 Å². The smallest absolute Gasteiger partial charge is 0.128 e. The maximum absolute atomic E-state index is 5.75. The molecule has 3 heteroatoms. The number of aromatic nitrogens is 2. The Morgan fingerprint density at radius 2 is 2.44 bits per heavy atom. The summed E-state index contributed by atoms with van der Waals surface area (Å²) in [7, 11) is 0. The van der Waals surface area contributed by atoms with Crippen LogP contribution in [-0.2, 0) is 6.54 Å². The van der Waals surface area contributed by atoms with Crippen LogP contribution in [0.5, 0.6) is 0 Å². The molecular formula is C6H9ClN2. The Balaban J connectivity index is 3.07. The zero-order valence-corrected chi connectivity index (χ0v) is 6.31. The summed E-state index contributed by atoms with van der Waals surface area (Å²) < 4.78 is 1.95. The fraction of sp³-hybridized carbons (Fsp3) is 0.500. The number of hydrogen-bond donors (Lipinski definition) is 0. The monoisotopic (exact) mass is 144 g/mol. The molecule has 0 unspecified atom stereocenters. The summed E-state index contributed by atoms with van der Waals surface area (Å²) in [5, 5.41) is 0.718. The van der Waals surface area contributed by atoms with Gasteiger partial charge in [-0.25, -0.2) is 4.98 Å². The van der Waals surface area contributed by atoms with Gasteiger partial charge < -0.3 is 4.57 Å². The number of nitrogens with zero attached hydrogens (tertiary/aromatic N) is 2. The molecule has 50 valence electrons. The summed E-state index contributed by atoms with van der Waals surface area (Å²) in [4.78, 5) is 4.02. The molecule has 0 saturated heterocycles. The zero-order valence-electron chi connectivity index (χ0n) is 5.56. The van der Waals surface area contributed by atoms with Crippen LogP contribution in [0.25, 0.3) is 0 Å². The molecule has 0 spiro atoms. The van der Waals surface area contributed by atoms with Crippen molar-refractivity contribution in [3.63, 3.8) is 0 Å². The van der Waals surface area contributed by atoms with Crippen LogP contribution in [0.1, 0.15) is 12.7 Å². The molecule has 0 bridgehead atoms. The lowest BCUT2D eigenvalue weighted by molar-refractivity contribution is 0.731. The Bertz CT molecular complexity index is 185. The molecule has 0 atom stereocenters. The van der Waals surface area contributed by atoms with Gasteiger partial charge in [0.1, 0.15) is 11.0 Å². The van der Waals surface area contributed by atoms with E-state index < -0.39 is 0 Å². The van der Waals surface area contributed by atoms with Crippen molar-refractivity contribution >= 4 is 11.6 Å². The van der Waals surface area contributed by atoms with Crippen molar-refractivity contribution in [3.8, 4) is 0 Å². The van der Waals surface area contributed by atoms with Crippen LogP contribution in [0, 0.1) is 6.92 Å². The summed E-state index contributed by atoms with van der Waals surface area (Å²) in [6.07, 6.45) is 1.67. The molecule has 0 amide bonds. The van der Waals surface area contributed by atoms with E-state index in [1.54, 1.807) is 6.20 Å². The number of aryl methyl sites for hydroxylation is 1. The highest BCUT2D eigenvalue weighted by molar-refractivity contribution is 6.29. The molecule has 0 aliphatic heterocycles. The van der Waals surface area contributed by atoms with E-state index in [1.807, 2.05) is 18.4 Å². The van der Waals surface area contributed by atoms with Crippen LogP contribution in [0.4, 0.5) is 0 Å². The van der Waals surface area contributed by atoms with E-state index in [1.165, 1.54) is 0 Å². The molecule has 1 rings (SSSR count). The first-order valence-electron chi connectivity index (χ1n) is 2.93. The highest BCUT2D eigenvalue weighted by Crippen LogP contribution is 2.09. The fourth-order valence-electron chi connectivity index (χ4n) is 0.821. The molecular weight excluding hydrogens is 136 g/mol. The van der Waals surface area contributed by atoms with Crippen molar-refractivity contribution in [2.75, 3.05) is 0 Å². The Morgan fingerprint density at radius 3 is 2.67 bits per heavy atom. The molecule has 0 fully saturated rings. The molecule has 1 heterocycles. The van der Waals surface area contributed by atoms with E-state index >= 15 is 0 Å². The van der Waals surface area contributed by atoms with Crippen molar-refractivity contribution in [3.05, 3.63) is 17.2 Å². The van der Waals surface area contributed by atoms with Crippen molar-refractivity contribution < 1.29 is 0 Å². The maximum Gasteiger partial charge on any atom is 0.128 e. The van der Waals surface area contributed by atoms with Crippen LogP contribution in [0.3, 0.4) is 0 Å². The summed E-state index contributed by atoms with van der Waals surface area (Å²) in [5.41, 5.74) is 0. The van der Waals surface area contributed by atoms with E-state index in [4.69, 9.17) is 11.6 Å². The van der Waals surface area contributed by atoms with E-state index in [2.05, 4.69) is 4.98 Å². The average Bonchev–Trinajstić information content (AvgIpc) is 2.12. The van der Waals surface area contributed by atoms with Gasteiger partial charge in [0, 0.05) is 6.54 Å². The summed E-state index contributed by atoms with van der Waals surface area (Å²) in [6, 6.07) is 0. The minimum absolute atomic E-state index is 0.718. The SMILES string of the molecule is CCn1c(Cl)cnc1C. The molecule has 0 aliphatic carbocycles. The fourth-order valence-corrected chi connectivity index (χ4v) is 1.11. The van der Waals surface area contributed by atoms with Crippen molar-refractivity contribution in [1.82, 2.24) is 9.55 Å². The second-order valence-electron chi connectivity index (χ2n) is 1.87. The van der Waals surface area contributed by atoms with Crippen molar-refractivity contribution in [2.24, 2.45) is 0 Å². The highest BCUT2D eigenvalue weighted by atomic mass is 35.5. The predicted molar refractivity (Wildman–Crippen MR) is 37.6 cm³/mol. The summed E-state index contributed by atoms with van der Waals surface area (Å²) in [5.74, 6) is 0.975. The van der Waals surface area contributed by atoms with Gasteiger partial charge in [-0.1, -0.05) is 11.6 Å². The molecule has 0 aromatic carbocycles.